The van der Waals surface area contributed by atoms with Crippen LogP contribution in [0, 0.1) is 11.3 Å². The molecule has 0 aliphatic carbocycles. The molecule has 9 heteroatoms. The maximum absolute atomic E-state index is 12.6. The van der Waals surface area contributed by atoms with E-state index < -0.39 is 28.1 Å². The Balaban J connectivity index is 2.48. The van der Waals surface area contributed by atoms with E-state index in [4.69, 9.17) is 5.26 Å². The normalized spacial score (nSPS) is 22.7. The number of sulfonamides is 1. The molecule has 1 aliphatic rings. The third-order valence-corrected chi connectivity index (χ3v) is 5.08. The number of aliphatic hydroxyl groups excluding tert-OH is 1. The molecule has 1 aromatic heterocycles. The zero-order valence-electron chi connectivity index (χ0n) is 11.1. The van der Waals surface area contributed by atoms with Crippen molar-refractivity contribution in [1.82, 2.24) is 9.29 Å². The van der Waals surface area contributed by atoms with Crippen molar-refractivity contribution < 1.29 is 23.1 Å². The molecule has 0 saturated carbocycles. The maximum atomic E-state index is 12.6. The van der Waals surface area contributed by atoms with E-state index in [2.05, 4.69) is 9.72 Å². The van der Waals surface area contributed by atoms with Crippen molar-refractivity contribution in [2.24, 2.45) is 0 Å². The Bertz CT molecular complexity index is 697. The smallest absolute Gasteiger partial charge is 0.324 e. The van der Waals surface area contributed by atoms with Gasteiger partial charge in [0.05, 0.1) is 13.2 Å². The summed E-state index contributed by atoms with van der Waals surface area (Å²) in [7, 11) is -2.99. The first-order valence-electron chi connectivity index (χ1n) is 6.04. The van der Waals surface area contributed by atoms with Crippen molar-refractivity contribution in [2.45, 2.75) is 23.5 Å². The Morgan fingerprint density at radius 1 is 1.62 bits per heavy atom. The third-order valence-electron chi connectivity index (χ3n) is 3.17. The molecule has 1 aliphatic heterocycles. The lowest BCUT2D eigenvalue weighted by Crippen LogP contribution is -2.41. The van der Waals surface area contributed by atoms with Crippen LogP contribution in [0.5, 0.6) is 0 Å². The number of nitrogens with zero attached hydrogens (tertiary/aromatic N) is 3. The number of aromatic nitrogens is 1. The number of esters is 1. The highest BCUT2D eigenvalue weighted by Gasteiger charge is 2.44. The van der Waals surface area contributed by atoms with Crippen LogP contribution < -0.4 is 0 Å². The van der Waals surface area contributed by atoms with Gasteiger partial charge in [0.1, 0.15) is 17.0 Å². The molecule has 21 heavy (non-hydrogen) atoms. The van der Waals surface area contributed by atoms with Crippen LogP contribution in [0.25, 0.3) is 0 Å². The fourth-order valence-electron chi connectivity index (χ4n) is 2.21. The summed E-state index contributed by atoms with van der Waals surface area (Å²) < 4.78 is 30.6. The van der Waals surface area contributed by atoms with Gasteiger partial charge in [-0.15, -0.1) is 0 Å². The lowest BCUT2D eigenvalue weighted by atomic mass is 10.2. The minimum atomic E-state index is -4.13. The number of aliphatic hydroxyl groups is 1. The van der Waals surface area contributed by atoms with Gasteiger partial charge in [0.25, 0.3) is 0 Å². The van der Waals surface area contributed by atoms with Crippen molar-refractivity contribution >= 4 is 16.0 Å². The molecule has 0 bridgehead atoms. The Morgan fingerprint density at radius 3 is 2.95 bits per heavy atom. The fourth-order valence-corrected chi connectivity index (χ4v) is 3.93. The number of methoxy groups -OCH3 is 1. The summed E-state index contributed by atoms with van der Waals surface area (Å²) in [4.78, 5) is 15.1. The summed E-state index contributed by atoms with van der Waals surface area (Å²) in [5.74, 6) is -0.752. The van der Waals surface area contributed by atoms with Crippen LogP contribution in [0.2, 0.25) is 0 Å². The zero-order valence-corrected chi connectivity index (χ0v) is 11.9. The van der Waals surface area contributed by atoms with E-state index in [1.54, 1.807) is 6.07 Å². The molecule has 2 heterocycles. The Morgan fingerprint density at radius 2 is 2.33 bits per heavy atom. The largest absolute Gasteiger partial charge is 0.468 e. The molecule has 8 nitrogen and oxygen atoms in total. The van der Waals surface area contributed by atoms with Gasteiger partial charge in [0.2, 0.25) is 10.0 Å². The molecule has 1 N–H and O–H groups in total. The Kier molecular flexibility index (Phi) is 4.22. The van der Waals surface area contributed by atoms with Gasteiger partial charge in [-0.05, 0) is 12.1 Å². The average molecular weight is 311 g/mol. The van der Waals surface area contributed by atoms with Crippen molar-refractivity contribution in [3.05, 3.63) is 24.0 Å². The topological polar surface area (TPSA) is 121 Å². The second-order valence-electron chi connectivity index (χ2n) is 4.47. The van der Waals surface area contributed by atoms with Crippen molar-refractivity contribution in [3.8, 4) is 6.07 Å². The summed E-state index contributed by atoms with van der Waals surface area (Å²) in [6.45, 7) is -0.234. The summed E-state index contributed by atoms with van der Waals surface area (Å²) in [5.41, 5.74) is -0.262. The molecular weight excluding hydrogens is 298 g/mol. The number of pyridine rings is 1. The number of carbonyl (C=O) groups excluding carboxylic acids is 1. The highest BCUT2D eigenvalue weighted by atomic mass is 32.2. The standard InChI is InChI=1S/C12H13N3O5S/c1-20-12(17)10-5-8(16)7-15(10)21(18,19)11-3-2-4-14-9(11)6-13/h2-4,8,10,16H,5,7H2,1H3. The highest BCUT2D eigenvalue weighted by Crippen LogP contribution is 2.28. The number of hydrogen-bond donors (Lipinski definition) is 1. The number of hydrogen-bond acceptors (Lipinski definition) is 7. The van der Waals surface area contributed by atoms with Crippen LogP contribution in [0.15, 0.2) is 23.2 Å². The first kappa shape index (κ1) is 15.4. The van der Waals surface area contributed by atoms with E-state index in [-0.39, 0.29) is 23.6 Å². The number of rotatable bonds is 3. The quantitative estimate of drug-likeness (QED) is 0.729. The average Bonchev–Trinajstić information content (AvgIpc) is 2.89. The van der Waals surface area contributed by atoms with E-state index in [0.717, 1.165) is 11.4 Å². The van der Waals surface area contributed by atoms with E-state index in [0.29, 0.717) is 0 Å². The van der Waals surface area contributed by atoms with E-state index >= 15 is 0 Å². The Hall–Kier alpha value is -2.02. The summed E-state index contributed by atoms with van der Waals surface area (Å²) in [5, 5.41) is 18.6. The minimum absolute atomic E-state index is 0.0476. The molecule has 2 rings (SSSR count). The molecule has 112 valence electrons. The zero-order chi connectivity index (χ0) is 15.6. The number of nitriles is 1. The predicted octanol–water partition coefficient (Wildman–Crippen LogP) is -0.750. The van der Waals surface area contributed by atoms with Gasteiger partial charge in [-0.2, -0.15) is 9.57 Å². The number of ether oxygens (including phenoxy) is 1. The number of β-amino-alcohol motifs (C(OH)–C–C–N with tert-alkyl or cyclic N) is 1. The van der Waals surface area contributed by atoms with Crippen LogP contribution in [0.1, 0.15) is 12.1 Å². The van der Waals surface area contributed by atoms with E-state index in [1.807, 2.05) is 0 Å². The van der Waals surface area contributed by atoms with Gasteiger partial charge in [-0.25, -0.2) is 13.4 Å². The first-order valence-corrected chi connectivity index (χ1v) is 7.48. The summed E-state index contributed by atoms with van der Waals surface area (Å²) in [6.07, 6.45) is 0.286. The lowest BCUT2D eigenvalue weighted by molar-refractivity contribution is -0.144. The second-order valence-corrected chi connectivity index (χ2v) is 6.32. The third kappa shape index (κ3) is 2.73. The van der Waals surface area contributed by atoms with Gasteiger partial charge in [0.15, 0.2) is 5.69 Å². The van der Waals surface area contributed by atoms with Gasteiger partial charge in [0, 0.05) is 19.2 Å². The first-order chi connectivity index (χ1) is 9.91. The SMILES string of the molecule is COC(=O)C1CC(O)CN1S(=O)(=O)c1cccnc1C#N. The second kappa shape index (κ2) is 5.77. The summed E-state index contributed by atoms with van der Waals surface area (Å²) in [6, 6.07) is 3.21. The summed E-state index contributed by atoms with van der Waals surface area (Å²) >= 11 is 0. The predicted molar refractivity (Wildman–Crippen MR) is 69.3 cm³/mol. The molecule has 1 aromatic rings. The molecule has 2 atom stereocenters. The van der Waals surface area contributed by atoms with Gasteiger partial charge >= 0.3 is 5.97 Å². The van der Waals surface area contributed by atoms with Gasteiger partial charge in [-0.3, -0.25) is 4.79 Å². The van der Waals surface area contributed by atoms with E-state index in [1.165, 1.54) is 18.3 Å². The molecule has 0 radical (unpaired) electrons. The molecule has 1 saturated heterocycles. The van der Waals surface area contributed by atoms with Crippen molar-refractivity contribution in [2.75, 3.05) is 13.7 Å². The van der Waals surface area contributed by atoms with Gasteiger partial charge in [-0.1, -0.05) is 0 Å². The van der Waals surface area contributed by atoms with Crippen LogP contribution >= 0.6 is 0 Å². The maximum Gasteiger partial charge on any atom is 0.324 e. The van der Waals surface area contributed by atoms with Crippen LogP contribution in [0.3, 0.4) is 0 Å². The van der Waals surface area contributed by atoms with Crippen LogP contribution in [-0.2, 0) is 19.6 Å². The van der Waals surface area contributed by atoms with Crippen molar-refractivity contribution in [1.29, 1.82) is 5.26 Å². The van der Waals surface area contributed by atoms with Crippen LogP contribution in [0.4, 0.5) is 0 Å². The van der Waals surface area contributed by atoms with Crippen LogP contribution in [-0.4, -0.2) is 54.6 Å². The molecule has 0 amide bonds. The number of carbonyl (C=O) groups is 1. The molecule has 0 spiro atoms. The molecule has 2 unspecified atom stereocenters. The fraction of sp³-hybridized carbons (Fsp3) is 0.417. The molecule has 0 aromatic carbocycles. The van der Waals surface area contributed by atoms with E-state index in [9.17, 15) is 18.3 Å². The Labute approximate surface area is 121 Å². The molecule has 1 fully saturated rings. The van der Waals surface area contributed by atoms with Gasteiger partial charge < -0.3 is 9.84 Å². The monoisotopic (exact) mass is 311 g/mol. The lowest BCUT2D eigenvalue weighted by Gasteiger charge is -2.21. The minimum Gasteiger partial charge on any atom is -0.468 e. The molecular formula is C12H13N3O5S. The van der Waals surface area contributed by atoms with Crippen molar-refractivity contribution in [3.63, 3.8) is 0 Å². The highest BCUT2D eigenvalue weighted by molar-refractivity contribution is 7.89.